The number of amides is 4. The Labute approximate surface area is 243 Å². The van der Waals surface area contributed by atoms with E-state index in [2.05, 4.69) is 20.9 Å². The van der Waals surface area contributed by atoms with E-state index in [0.717, 1.165) is 0 Å². The lowest BCUT2D eigenvalue weighted by atomic mass is 10.0. The number of guanidine groups is 1. The number of carboxylic acids is 1. The van der Waals surface area contributed by atoms with Gasteiger partial charge >= 0.3 is 5.97 Å². The molecule has 16 heteroatoms. The summed E-state index contributed by atoms with van der Waals surface area (Å²) in [5, 5.41) is 26.4. The first-order chi connectivity index (χ1) is 19.8. The summed E-state index contributed by atoms with van der Waals surface area (Å²) < 4.78 is 0. The van der Waals surface area contributed by atoms with E-state index in [1.165, 1.54) is 12.1 Å². The fraction of sp³-hybridized carbons (Fsp3) is 0.538. The number of rotatable bonds is 20. The standard InChI is InChI=1S/C26H43N9O7/c27-12-2-1-4-20(25(41)42)35-24(40)19(10-11-21(29)37)34-23(39)18(5-3-13-32-26(30)31)33-22(38)17(28)14-15-6-8-16(36)9-7-15/h6-9,17-20,36H,1-5,10-14,27-28H2,(H2,29,37)(H,33,38)(H,34,39)(H,35,40)(H,41,42)(H4,30,31,32). The number of benzene rings is 1. The number of phenolic OH excluding ortho intramolecular Hbond substituents is 1. The maximum Gasteiger partial charge on any atom is 0.326 e. The molecule has 4 amide bonds. The quantitative estimate of drug-likeness (QED) is 0.0419. The molecule has 0 saturated carbocycles. The van der Waals surface area contributed by atoms with Gasteiger partial charge < -0.3 is 54.8 Å². The van der Waals surface area contributed by atoms with Crippen LogP contribution in [0, 0.1) is 0 Å². The average molecular weight is 594 g/mol. The summed E-state index contributed by atoms with van der Waals surface area (Å²) in [7, 11) is 0. The van der Waals surface area contributed by atoms with Gasteiger partial charge in [-0.1, -0.05) is 12.1 Å². The third-order valence-electron chi connectivity index (χ3n) is 6.18. The van der Waals surface area contributed by atoms with Crippen LogP contribution in [0.3, 0.4) is 0 Å². The highest BCUT2D eigenvalue weighted by molar-refractivity contribution is 5.94. The van der Waals surface area contributed by atoms with Crippen molar-refractivity contribution in [1.29, 1.82) is 0 Å². The van der Waals surface area contributed by atoms with Crippen molar-refractivity contribution in [3.05, 3.63) is 29.8 Å². The van der Waals surface area contributed by atoms with Crippen LogP contribution in [0.4, 0.5) is 0 Å². The van der Waals surface area contributed by atoms with Gasteiger partial charge in [0.25, 0.3) is 0 Å². The lowest BCUT2D eigenvalue weighted by Gasteiger charge is -2.25. The first-order valence-electron chi connectivity index (χ1n) is 13.5. The SMILES string of the molecule is NCCCCC(NC(=O)C(CCC(N)=O)NC(=O)C(CCCN=C(N)N)NC(=O)C(N)Cc1ccc(O)cc1)C(=O)O. The van der Waals surface area contributed by atoms with Crippen LogP contribution in [0.1, 0.15) is 50.5 Å². The molecule has 1 aromatic carbocycles. The Balaban J connectivity index is 3.06. The van der Waals surface area contributed by atoms with Crippen molar-refractivity contribution < 1.29 is 34.2 Å². The second-order valence-electron chi connectivity index (χ2n) is 9.74. The summed E-state index contributed by atoms with van der Waals surface area (Å²) in [5.74, 6) is -4.37. The fourth-order valence-electron chi connectivity index (χ4n) is 3.88. The summed E-state index contributed by atoms with van der Waals surface area (Å²) in [6.07, 6.45) is 1.05. The van der Waals surface area contributed by atoms with Crippen molar-refractivity contribution in [2.24, 2.45) is 33.7 Å². The van der Waals surface area contributed by atoms with Crippen LogP contribution in [0.5, 0.6) is 5.75 Å². The van der Waals surface area contributed by atoms with Crippen molar-refractivity contribution in [1.82, 2.24) is 16.0 Å². The first-order valence-corrected chi connectivity index (χ1v) is 13.5. The summed E-state index contributed by atoms with van der Waals surface area (Å²) in [5.41, 5.74) is 28.1. The second kappa shape index (κ2) is 18.8. The van der Waals surface area contributed by atoms with Crippen LogP contribution in [0.25, 0.3) is 0 Å². The zero-order chi connectivity index (χ0) is 31.7. The molecule has 0 saturated heterocycles. The van der Waals surface area contributed by atoms with Crippen molar-refractivity contribution in [3.63, 3.8) is 0 Å². The van der Waals surface area contributed by atoms with E-state index in [4.69, 9.17) is 28.7 Å². The molecular formula is C26H43N9O7. The molecule has 1 rings (SSSR count). The molecule has 0 fully saturated rings. The van der Waals surface area contributed by atoms with Crippen LogP contribution < -0.4 is 44.6 Å². The van der Waals surface area contributed by atoms with E-state index in [1.54, 1.807) is 12.1 Å². The number of carbonyl (C=O) groups excluding carboxylic acids is 4. The molecule has 0 spiro atoms. The number of nitrogens with two attached hydrogens (primary N) is 5. The maximum atomic E-state index is 13.3. The Bertz CT molecular complexity index is 1080. The fourth-order valence-corrected chi connectivity index (χ4v) is 3.88. The molecule has 16 nitrogen and oxygen atoms in total. The molecule has 0 aliphatic heterocycles. The molecule has 15 N–H and O–H groups in total. The van der Waals surface area contributed by atoms with Gasteiger partial charge in [0.2, 0.25) is 23.6 Å². The van der Waals surface area contributed by atoms with E-state index >= 15 is 0 Å². The summed E-state index contributed by atoms with van der Waals surface area (Å²) >= 11 is 0. The minimum Gasteiger partial charge on any atom is -0.508 e. The monoisotopic (exact) mass is 593 g/mol. The Morgan fingerprint density at radius 1 is 0.786 bits per heavy atom. The minimum absolute atomic E-state index is 0.0504. The van der Waals surface area contributed by atoms with Gasteiger partial charge in [-0.2, -0.15) is 0 Å². The molecule has 1 aromatic rings. The zero-order valence-corrected chi connectivity index (χ0v) is 23.5. The number of carboxylic acid groups (broad SMARTS) is 1. The average Bonchev–Trinajstić information content (AvgIpc) is 2.92. The number of unbranched alkanes of at least 4 members (excludes halogenated alkanes) is 1. The number of aromatic hydroxyl groups is 1. The van der Waals surface area contributed by atoms with Crippen molar-refractivity contribution in [3.8, 4) is 5.75 Å². The number of hydrogen-bond acceptors (Lipinski definition) is 9. The number of hydrogen-bond donors (Lipinski definition) is 10. The van der Waals surface area contributed by atoms with Crippen LogP contribution in [0.2, 0.25) is 0 Å². The van der Waals surface area contributed by atoms with E-state index in [1.807, 2.05) is 0 Å². The van der Waals surface area contributed by atoms with Gasteiger partial charge in [-0.3, -0.25) is 24.2 Å². The molecule has 0 aliphatic rings. The van der Waals surface area contributed by atoms with E-state index < -0.39 is 53.8 Å². The largest absolute Gasteiger partial charge is 0.508 e. The summed E-state index contributed by atoms with van der Waals surface area (Å²) in [6.45, 7) is 0.503. The minimum atomic E-state index is -1.33. The normalized spacial score (nSPS) is 13.6. The Morgan fingerprint density at radius 2 is 1.33 bits per heavy atom. The van der Waals surface area contributed by atoms with Gasteiger partial charge in [0.15, 0.2) is 5.96 Å². The van der Waals surface area contributed by atoms with Crippen LogP contribution in [-0.4, -0.2) is 83.0 Å². The van der Waals surface area contributed by atoms with Crippen molar-refractivity contribution in [2.45, 2.75) is 75.5 Å². The lowest BCUT2D eigenvalue weighted by Crippen LogP contribution is -2.57. The lowest BCUT2D eigenvalue weighted by molar-refractivity contribution is -0.142. The number of nitrogens with zero attached hydrogens (tertiary/aromatic N) is 1. The topological polar surface area (TPSA) is 304 Å². The van der Waals surface area contributed by atoms with Crippen molar-refractivity contribution in [2.75, 3.05) is 13.1 Å². The molecular weight excluding hydrogens is 550 g/mol. The Hall–Kier alpha value is -4.44. The predicted molar refractivity (Wildman–Crippen MR) is 154 cm³/mol. The van der Waals surface area contributed by atoms with E-state index in [0.29, 0.717) is 24.9 Å². The molecule has 0 bridgehead atoms. The van der Waals surface area contributed by atoms with Crippen molar-refractivity contribution >= 4 is 35.6 Å². The Morgan fingerprint density at radius 3 is 1.88 bits per heavy atom. The number of nitrogens with one attached hydrogen (secondary N) is 3. The third-order valence-corrected chi connectivity index (χ3v) is 6.18. The van der Waals surface area contributed by atoms with Gasteiger partial charge in [0.1, 0.15) is 23.9 Å². The van der Waals surface area contributed by atoms with Gasteiger partial charge in [0.05, 0.1) is 6.04 Å². The first kappa shape index (κ1) is 35.6. The highest BCUT2D eigenvalue weighted by Gasteiger charge is 2.30. The zero-order valence-electron chi connectivity index (χ0n) is 23.5. The second-order valence-corrected chi connectivity index (χ2v) is 9.74. The molecule has 0 aliphatic carbocycles. The van der Waals surface area contributed by atoms with E-state index in [-0.39, 0.29) is 56.8 Å². The smallest absolute Gasteiger partial charge is 0.326 e. The molecule has 42 heavy (non-hydrogen) atoms. The Kier molecular flexibility index (Phi) is 15.9. The number of phenols is 1. The maximum absolute atomic E-state index is 13.3. The number of aliphatic carboxylic acids is 1. The molecule has 4 atom stereocenters. The molecule has 0 heterocycles. The van der Waals surface area contributed by atoms with Crippen LogP contribution in [0.15, 0.2) is 29.3 Å². The number of primary amides is 1. The van der Waals surface area contributed by atoms with E-state index in [9.17, 15) is 34.2 Å². The van der Waals surface area contributed by atoms with Gasteiger partial charge in [0, 0.05) is 13.0 Å². The molecule has 0 radical (unpaired) electrons. The number of carbonyl (C=O) groups is 5. The predicted octanol–water partition coefficient (Wildman–Crippen LogP) is -2.75. The summed E-state index contributed by atoms with van der Waals surface area (Å²) in [6, 6.07) is 1.29. The van der Waals surface area contributed by atoms with Crippen LogP contribution >= 0.6 is 0 Å². The molecule has 0 aromatic heterocycles. The van der Waals surface area contributed by atoms with Gasteiger partial charge in [-0.15, -0.1) is 0 Å². The molecule has 234 valence electrons. The third kappa shape index (κ3) is 14.3. The van der Waals surface area contributed by atoms with Gasteiger partial charge in [-0.05, 0) is 69.2 Å². The highest BCUT2D eigenvalue weighted by atomic mass is 16.4. The molecule has 4 unspecified atom stereocenters. The highest BCUT2D eigenvalue weighted by Crippen LogP contribution is 2.11. The number of aliphatic imine (C=N–C) groups is 1. The summed E-state index contributed by atoms with van der Waals surface area (Å²) in [4.78, 5) is 66.2. The van der Waals surface area contributed by atoms with Crippen LogP contribution in [-0.2, 0) is 30.4 Å². The van der Waals surface area contributed by atoms with Gasteiger partial charge in [-0.25, -0.2) is 4.79 Å².